The highest BCUT2D eigenvalue weighted by atomic mass is 35.5. The minimum atomic E-state index is -2.04. The van der Waals surface area contributed by atoms with Crippen LogP contribution < -0.4 is 10.9 Å². The van der Waals surface area contributed by atoms with Crippen molar-refractivity contribution in [2.75, 3.05) is 5.73 Å². The van der Waals surface area contributed by atoms with Gasteiger partial charge in [0, 0.05) is 11.8 Å². The summed E-state index contributed by atoms with van der Waals surface area (Å²) < 4.78 is 42.5. The standard InChI is InChI=1S/C14H14ClF3N2Si/c1-21(2,3)11-5-9(16)7(4-10(11)17)14-12(18)13(19)8(15)6-20-14/h4-6H,1-3H3,(H2,19,20). The number of benzene rings is 1. The van der Waals surface area contributed by atoms with E-state index in [2.05, 4.69) is 4.98 Å². The van der Waals surface area contributed by atoms with Crippen molar-refractivity contribution in [2.45, 2.75) is 19.6 Å². The van der Waals surface area contributed by atoms with Gasteiger partial charge >= 0.3 is 0 Å². The summed E-state index contributed by atoms with van der Waals surface area (Å²) in [6.07, 6.45) is 1.11. The Labute approximate surface area is 126 Å². The number of pyridine rings is 1. The van der Waals surface area contributed by atoms with E-state index in [-0.39, 0.29) is 22.0 Å². The summed E-state index contributed by atoms with van der Waals surface area (Å²) >= 11 is 5.64. The molecule has 7 heteroatoms. The number of nitrogen functional groups attached to an aromatic ring is 1. The lowest BCUT2D eigenvalue weighted by molar-refractivity contribution is 0.601. The fourth-order valence-corrected chi connectivity index (χ4v) is 3.45. The maximum atomic E-state index is 14.2. The van der Waals surface area contributed by atoms with Crippen molar-refractivity contribution in [3.63, 3.8) is 0 Å². The monoisotopic (exact) mass is 330 g/mol. The van der Waals surface area contributed by atoms with E-state index in [1.807, 2.05) is 19.6 Å². The Bertz CT molecular complexity index is 714. The fourth-order valence-electron chi connectivity index (χ4n) is 1.97. The molecule has 112 valence electrons. The smallest absolute Gasteiger partial charge is 0.173 e. The third kappa shape index (κ3) is 2.91. The lowest BCUT2D eigenvalue weighted by atomic mass is 10.1. The second kappa shape index (κ2) is 5.34. The Balaban J connectivity index is 2.67. The van der Waals surface area contributed by atoms with Gasteiger partial charge in [-0.1, -0.05) is 31.2 Å². The van der Waals surface area contributed by atoms with Crippen molar-refractivity contribution in [3.05, 3.63) is 40.8 Å². The SMILES string of the molecule is C[Si](C)(C)c1cc(F)c(-c2ncc(Cl)c(N)c2F)cc1F. The van der Waals surface area contributed by atoms with Gasteiger partial charge in [0.05, 0.1) is 18.8 Å². The maximum absolute atomic E-state index is 14.2. The topological polar surface area (TPSA) is 38.9 Å². The molecule has 2 rings (SSSR count). The molecule has 1 aromatic carbocycles. The molecule has 1 heterocycles. The summed E-state index contributed by atoms with van der Waals surface area (Å²) in [5.74, 6) is -2.26. The number of hydrogen-bond donors (Lipinski definition) is 1. The molecule has 2 N–H and O–H groups in total. The molecule has 0 fully saturated rings. The van der Waals surface area contributed by atoms with Gasteiger partial charge in [0.2, 0.25) is 0 Å². The van der Waals surface area contributed by atoms with Crippen molar-refractivity contribution in [2.24, 2.45) is 0 Å². The van der Waals surface area contributed by atoms with Gasteiger partial charge in [-0.05, 0) is 17.3 Å². The summed E-state index contributed by atoms with van der Waals surface area (Å²) in [4.78, 5) is 3.72. The lowest BCUT2D eigenvalue weighted by Gasteiger charge is -2.18. The van der Waals surface area contributed by atoms with E-state index in [0.29, 0.717) is 5.19 Å². The minimum absolute atomic E-state index is 0.0733. The molecule has 0 aliphatic rings. The number of rotatable bonds is 2. The van der Waals surface area contributed by atoms with Crippen LogP contribution in [0.2, 0.25) is 24.7 Å². The first-order chi connectivity index (χ1) is 9.62. The van der Waals surface area contributed by atoms with Gasteiger partial charge in [-0.2, -0.15) is 0 Å². The molecule has 0 atom stereocenters. The van der Waals surface area contributed by atoms with Gasteiger partial charge in [-0.3, -0.25) is 4.98 Å². The van der Waals surface area contributed by atoms with Crippen LogP contribution in [0.4, 0.5) is 18.9 Å². The van der Waals surface area contributed by atoms with Crippen LogP contribution in [0.3, 0.4) is 0 Å². The molecule has 0 saturated carbocycles. The summed E-state index contributed by atoms with van der Waals surface area (Å²) in [6.45, 7) is 5.68. The number of aromatic nitrogens is 1. The lowest BCUT2D eigenvalue weighted by Crippen LogP contribution is -2.40. The number of nitrogens with zero attached hydrogens (tertiary/aromatic N) is 1. The largest absolute Gasteiger partial charge is 0.395 e. The number of anilines is 1. The summed E-state index contributed by atoms with van der Waals surface area (Å²) in [5.41, 5.74) is 4.49. The van der Waals surface area contributed by atoms with Crippen LogP contribution in [0.25, 0.3) is 11.3 Å². The fraction of sp³-hybridized carbons (Fsp3) is 0.214. The molecule has 0 aliphatic heterocycles. The third-order valence-electron chi connectivity index (χ3n) is 3.13. The zero-order chi connectivity index (χ0) is 15.9. The number of nitrogens with two attached hydrogens (primary N) is 1. The molecule has 0 bridgehead atoms. The molecule has 2 aromatic rings. The molecule has 0 unspecified atom stereocenters. The molecule has 0 radical (unpaired) electrons. The Kier molecular flexibility index (Phi) is 4.03. The zero-order valence-corrected chi connectivity index (χ0v) is 13.5. The molecule has 0 saturated heterocycles. The highest BCUT2D eigenvalue weighted by Gasteiger charge is 2.25. The van der Waals surface area contributed by atoms with E-state index < -0.39 is 25.5 Å². The number of halogens is 4. The predicted octanol–water partition coefficient (Wildman–Crippen LogP) is 3.95. The van der Waals surface area contributed by atoms with E-state index in [1.54, 1.807) is 0 Å². The zero-order valence-electron chi connectivity index (χ0n) is 11.8. The van der Waals surface area contributed by atoms with E-state index in [4.69, 9.17) is 17.3 Å². The van der Waals surface area contributed by atoms with E-state index in [0.717, 1.165) is 18.3 Å². The number of hydrogen-bond acceptors (Lipinski definition) is 2. The van der Waals surface area contributed by atoms with Crippen LogP contribution in [-0.4, -0.2) is 13.1 Å². The first-order valence-electron chi connectivity index (χ1n) is 6.22. The second-order valence-corrected chi connectivity index (χ2v) is 11.2. The van der Waals surface area contributed by atoms with Crippen molar-refractivity contribution in [1.82, 2.24) is 4.98 Å². The Morgan fingerprint density at radius 2 is 1.71 bits per heavy atom. The van der Waals surface area contributed by atoms with Gasteiger partial charge in [-0.15, -0.1) is 0 Å². The van der Waals surface area contributed by atoms with Crippen molar-refractivity contribution >= 4 is 30.5 Å². The van der Waals surface area contributed by atoms with Gasteiger partial charge in [0.1, 0.15) is 17.3 Å². The van der Waals surface area contributed by atoms with Crippen molar-refractivity contribution in [1.29, 1.82) is 0 Å². The van der Waals surface area contributed by atoms with Crippen LogP contribution in [0, 0.1) is 17.5 Å². The van der Waals surface area contributed by atoms with E-state index >= 15 is 0 Å². The highest BCUT2D eigenvalue weighted by Crippen LogP contribution is 2.30. The molecule has 0 spiro atoms. The van der Waals surface area contributed by atoms with Crippen molar-refractivity contribution in [3.8, 4) is 11.3 Å². The molecule has 0 aliphatic carbocycles. The second-order valence-electron chi connectivity index (χ2n) is 5.74. The summed E-state index contributed by atoms with van der Waals surface area (Å²) in [6, 6.07) is 2.07. The molecular weight excluding hydrogens is 317 g/mol. The van der Waals surface area contributed by atoms with Crippen LogP contribution in [0.15, 0.2) is 18.3 Å². The average Bonchev–Trinajstić information content (AvgIpc) is 2.38. The highest BCUT2D eigenvalue weighted by molar-refractivity contribution is 6.88. The minimum Gasteiger partial charge on any atom is -0.395 e. The summed E-state index contributed by atoms with van der Waals surface area (Å²) in [7, 11) is -2.04. The van der Waals surface area contributed by atoms with E-state index in [1.165, 1.54) is 0 Å². The molecule has 2 nitrogen and oxygen atoms in total. The normalized spacial score (nSPS) is 11.8. The molecule has 21 heavy (non-hydrogen) atoms. The van der Waals surface area contributed by atoms with Gasteiger partial charge in [0.15, 0.2) is 5.82 Å². The van der Waals surface area contributed by atoms with Gasteiger partial charge in [0.25, 0.3) is 0 Å². The summed E-state index contributed by atoms with van der Waals surface area (Å²) in [5, 5.41) is 0.266. The van der Waals surface area contributed by atoms with Crippen LogP contribution in [-0.2, 0) is 0 Å². The van der Waals surface area contributed by atoms with Crippen molar-refractivity contribution < 1.29 is 13.2 Å². The Morgan fingerprint density at radius 1 is 1.10 bits per heavy atom. The van der Waals surface area contributed by atoms with Crippen LogP contribution >= 0.6 is 11.6 Å². The Morgan fingerprint density at radius 3 is 2.29 bits per heavy atom. The van der Waals surface area contributed by atoms with E-state index in [9.17, 15) is 13.2 Å². The van der Waals surface area contributed by atoms with Gasteiger partial charge in [-0.25, -0.2) is 13.2 Å². The first kappa shape index (κ1) is 15.8. The third-order valence-corrected chi connectivity index (χ3v) is 5.43. The molecule has 0 amide bonds. The van der Waals surface area contributed by atoms with Gasteiger partial charge < -0.3 is 5.73 Å². The first-order valence-corrected chi connectivity index (χ1v) is 10.1. The predicted molar refractivity (Wildman–Crippen MR) is 81.9 cm³/mol. The molecule has 1 aromatic heterocycles. The maximum Gasteiger partial charge on any atom is 0.173 e. The Hall–Kier alpha value is -1.53. The van der Waals surface area contributed by atoms with Crippen LogP contribution in [0.5, 0.6) is 0 Å². The average molecular weight is 331 g/mol. The molecular formula is C14H14ClF3N2Si. The quantitative estimate of drug-likeness (QED) is 0.847. The van der Waals surface area contributed by atoms with Crippen LogP contribution in [0.1, 0.15) is 0 Å².